The van der Waals surface area contributed by atoms with Crippen molar-refractivity contribution in [3.05, 3.63) is 35.6 Å². The molecular formula is C13H15F4NO2. The quantitative estimate of drug-likeness (QED) is 0.819. The third-order valence-electron chi connectivity index (χ3n) is 3.74. The van der Waals surface area contributed by atoms with Gasteiger partial charge >= 0.3 is 6.18 Å². The van der Waals surface area contributed by atoms with Gasteiger partial charge in [-0.2, -0.15) is 13.2 Å². The summed E-state index contributed by atoms with van der Waals surface area (Å²) in [5, 5.41) is 9.54. The summed E-state index contributed by atoms with van der Waals surface area (Å²) in [4.78, 5) is 0. The van der Waals surface area contributed by atoms with Crippen LogP contribution >= 0.6 is 0 Å². The summed E-state index contributed by atoms with van der Waals surface area (Å²) in [5.74, 6) is -2.19. The Kier molecular flexibility index (Phi) is 3.79. The highest BCUT2D eigenvalue weighted by molar-refractivity contribution is 5.29. The molecule has 0 aromatic heterocycles. The zero-order valence-electron chi connectivity index (χ0n) is 10.7. The Morgan fingerprint density at radius 2 is 2.00 bits per heavy atom. The molecule has 3 N–H and O–H groups in total. The van der Waals surface area contributed by atoms with E-state index in [1.807, 2.05) is 0 Å². The van der Waals surface area contributed by atoms with Crippen LogP contribution in [0.1, 0.15) is 12.5 Å². The summed E-state index contributed by atoms with van der Waals surface area (Å²) in [6.07, 6.45) is -8.46. The van der Waals surface area contributed by atoms with Crippen molar-refractivity contribution in [1.29, 1.82) is 0 Å². The van der Waals surface area contributed by atoms with Gasteiger partial charge in [0.2, 0.25) is 0 Å². The standard InChI is InChI=1S/C13H15F4NO2/c1-7-10(11(19)13(15,16)17)12(18,6-20-7)8-4-2-3-5-9(8)14/h2-5,7,10-11,19H,6,18H2,1H3/t7-,10?,11?,12?/m1/s1. The molecule has 1 aliphatic rings. The van der Waals surface area contributed by atoms with Gasteiger partial charge in [-0.3, -0.25) is 0 Å². The third kappa shape index (κ3) is 2.41. The predicted octanol–water partition coefficient (Wildman–Crippen LogP) is 1.94. The van der Waals surface area contributed by atoms with Crippen LogP contribution in [0.3, 0.4) is 0 Å². The van der Waals surface area contributed by atoms with E-state index in [0.717, 1.165) is 6.07 Å². The molecule has 3 unspecified atom stereocenters. The Labute approximate surface area is 113 Å². The second-order valence-electron chi connectivity index (χ2n) is 5.05. The summed E-state index contributed by atoms with van der Waals surface area (Å²) in [6.45, 7) is 1.10. The zero-order chi connectivity index (χ0) is 15.1. The van der Waals surface area contributed by atoms with Crippen molar-refractivity contribution in [3.8, 4) is 0 Å². The fourth-order valence-electron chi connectivity index (χ4n) is 2.73. The second kappa shape index (κ2) is 4.98. The highest BCUT2D eigenvalue weighted by Crippen LogP contribution is 2.44. The Morgan fingerprint density at radius 3 is 2.55 bits per heavy atom. The summed E-state index contributed by atoms with van der Waals surface area (Å²) >= 11 is 0. The maximum absolute atomic E-state index is 13.8. The first-order chi connectivity index (χ1) is 9.18. The summed E-state index contributed by atoms with van der Waals surface area (Å²) in [5.41, 5.74) is 4.18. The molecule has 4 atom stereocenters. The highest BCUT2D eigenvalue weighted by Gasteiger charge is 2.58. The van der Waals surface area contributed by atoms with Crippen molar-refractivity contribution < 1.29 is 27.4 Å². The van der Waals surface area contributed by atoms with Crippen LogP contribution in [-0.4, -0.2) is 30.1 Å². The number of ether oxygens (including phenoxy) is 1. The highest BCUT2D eigenvalue weighted by atomic mass is 19.4. The minimum absolute atomic E-state index is 0.0855. The van der Waals surface area contributed by atoms with E-state index in [0.29, 0.717) is 0 Å². The Bertz CT molecular complexity index is 494. The van der Waals surface area contributed by atoms with Crippen LogP contribution < -0.4 is 5.73 Å². The number of benzene rings is 1. The van der Waals surface area contributed by atoms with Gasteiger partial charge < -0.3 is 15.6 Å². The molecule has 0 aliphatic carbocycles. The number of hydrogen-bond acceptors (Lipinski definition) is 3. The number of halogens is 4. The van der Waals surface area contributed by atoms with E-state index in [9.17, 15) is 22.7 Å². The van der Waals surface area contributed by atoms with Crippen LogP contribution in [0.4, 0.5) is 17.6 Å². The first-order valence-electron chi connectivity index (χ1n) is 6.08. The molecule has 0 amide bonds. The lowest BCUT2D eigenvalue weighted by atomic mass is 9.75. The molecule has 1 aliphatic heterocycles. The van der Waals surface area contributed by atoms with Crippen LogP contribution in [-0.2, 0) is 10.3 Å². The van der Waals surface area contributed by atoms with Crippen LogP contribution in [0.25, 0.3) is 0 Å². The molecule has 0 bridgehead atoms. The summed E-state index contributed by atoms with van der Waals surface area (Å²) in [7, 11) is 0. The lowest BCUT2D eigenvalue weighted by Gasteiger charge is -2.35. The van der Waals surface area contributed by atoms with Gasteiger partial charge in [-0.25, -0.2) is 4.39 Å². The minimum atomic E-state index is -4.84. The van der Waals surface area contributed by atoms with Gasteiger partial charge in [0.15, 0.2) is 6.10 Å². The molecule has 1 fully saturated rings. The molecule has 7 heteroatoms. The molecule has 1 aromatic rings. The molecule has 3 nitrogen and oxygen atoms in total. The normalized spacial score (nSPS) is 32.4. The molecule has 1 heterocycles. The Balaban J connectivity index is 2.46. The summed E-state index contributed by atoms with van der Waals surface area (Å²) in [6, 6.07) is 5.32. The van der Waals surface area contributed by atoms with Crippen LogP contribution in [0, 0.1) is 11.7 Å². The monoisotopic (exact) mass is 293 g/mol. The predicted molar refractivity (Wildman–Crippen MR) is 63.2 cm³/mol. The van der Waals surface area contributed by atoms with Crippen molar-refractivity contribution in [2.45, 2.75) is 30.8 Å². The molecule has 0 radical (unpaired) electrons. The van der Waals surface area contributed by atoms with E-state index in [1.54, 1.807) is 0 Å². The summed E-state index contributed by atoms with van der Waals surface area (Å²) < 4.78 is 57.3. The van der Waals surface area contributed by atoms with Crippen LogP contribution in [0.2, 0.25) is 0 Å². The van der Waals surface area contributed by atoms with E-state index in [4.69, 9.17) is 10.5 Å². The van der Waals surface area contributed by atoms with Gasteiger partial charge in [-0.05, 0) is 13.0 Å². The van der Waals surface area contributed by atoms with Crippen molar-refractivity contribution in [2.75, 3.05) is 6.61 Å². The van der Waals surface area contributed by atoms with Gasteiger partial charge in [0.25, 0.3) is 0 Å². The van der Waals surface area contributed by atoms with Crippen LogP contribution in [0.5, 0.6) is 0 Å². The maximum atomic E-state index is 13.8. The molecule has 0 saturated carbocycles. The van der Waals surface area contributed by atoms with Gasteiger partial charge in [-0.15, -0.1) is 0 Å². The topological polar surface area (TPSA) is 55.5 Å². The average Bonchev–Trinajstić information content (AvgIpc) is 2.65. The number of rotatable bonds is 2. The Morgan fingerprint density at radius 1 is 1.40 bits per heavy atom. The van der Waals surface area contributed by atoms with Gasteiger partial charge in [0, 0.05) is 11.5 Å². The smallest absolute Gasteiger partial charge is 0.383 e. The van der Waals surface area contributed by atoms with Crippen LogP contribution in [0.15, 0.2) is 24.3 Å². The van der Waals surface area contributed by atoms with E-state index >= 15 is 0 Å². The van der Waals surface area contributed by atoms with E-state index in [1.165, 1.54) is 25.1 Å². The number of alkyl halides is 3. The fraction of sp³-hybridized carbons (Fsp3) is 0.538. The molecule has 1 aromatic carbocycles. The lowest BCUT2D eigenvalue weighted by molar-refractivity contribution is -0.227. The lowest BCUT2D eigenvalue weighted by Crippen LogP contribution is -2.54. The SMILES string of the molecule is C[C@H]1OCC(N)(c2ccccc2F)C1C(O)C(F)(F)F. The second-order valence-corrected chi connectivity index (χ2v) is 5.05. The number of aliphatic hydroxyl groups excluding tert-OH is 1. The van der Waals surface area contributed by atoms with E-state index in [-0.39, 0.29) is 12.2 Å². The number of nitrogens with two attached hydrogens (primary N) is 1. The Hall–Kier alpha value is -1.18. The van der Waals surface area contributed by atoms with Gasteiger partial charge in [-0.1, -0.05) is 18.2 Å². The van der Waals surface area contributed by atoms with Crippen molar-refractivity contribution >= 4 is 0 Å². The first kappa shape index (κ1) is 15.2. The molecule has 20 heavy (non-hydrogen) atoms. The minimum Gasteiger partial charge on any atom is -0.383 e. The number of hydrogen-bond donors (Lipinski definition) is 2. The van der Waals surface area contributed by atoms with Crippen molar-refractivity contribution in [3.63, 3.8) is 0 Å². The maximum Gasteiger partial charge on any atom is 0.414 e. The van der Waals surface area contributed by atoms with Gasteiger partial charge in [0.1, 0.15) is 5.82 Å². The molecular weight excluding hydrogens is 278 g/mol. The molecule has 112 valence electrons. The zero-order valence-corrected chi connectivity index (χ0v) is 10.7. The average molecular weight is 293 g/mol. The largest absolute Gasteiger partial charge is 0.414 e. The van der Waals surface area contributed by atoms with E-state index < -0.39 is 35.7 Å². The fourth-order valence-corrected chi connectivity index (χ4v) is 2.73. The van der Waals surface area contributed by atoms with Crippen molar-refractivity contribution in [1.82, 2.24) is 0 Å². The molecule has 2 rings (SSSR count). The van der Waals surface area contributed by atoms with Crippen molar-refractivity contribution in [2.24, 2.45) is 11.7 Å². The molecule has 1 saturated heterocycles. The molecule has 0 spiro atoms. The third-order valence-corrected chi connectivity index (χ3v) is 3.74. The van der Waals surface area contributed by atoms with E-state index in [2.05, 4.69) is 0 Å². The van der Waals surface area contributed by atoms with Gasteiger partial charge in [0.05, 0.1) is 18.2 Å². The first-order valence-corrected chi connectivity index (χ1v) is 6.08. The number of aliphatic hydroxyl groups is 1.